The maximum Gasteiger partial charge on any atom is 0.232 e. The van der Waals surface area contributed by atoms with Crippen molar-refractivity contribution in [1.82, 2.24) is 14.4 Å². The lowest BCUT2D eigenvalue weighted by Crippen LogP contribution is -2.15. The molecule has 0 saturated heterocycles. The van der Waals surface area contributed by atoms with Gasteiger partial charge in [-0.1, -0.05) is 6.07 Å². The number of amides is 1. The molecule has 0 spiro atoms. The highest BCUT2D eigenvalue weighted by Crippen LogP contribution is 2.27. The van der Waals surface area contributed by atoms with Gasteiger partial charge in [-0.3, -0.25) is 9.20 Å². The van der Waals surface area contributed by atoms with Gasteiger partial charge in [0.15, 0.2) is 10.1 Å². The van der Waals surface area contributed by atoms with Gasteiger partial charge in [0.05, 0.1) is 11.3 Å². The molecule has 0 bridgehead atoms. The molecule has 1 N–H and O–H groups in total. The molecule has 0 radical (unpaired) electrons. The number of imidazole rings is 1. The van der Waals surface area contributed by atoms with Crippen molar-refractivity contribution in [1.29, 1.82) is 0 Å². The molecular formula is C14H10N4OS3. The lowest BCUT2D eigenvalue weighted by molar-refractivity contribution is -0.115. The van der Waals surface area contributed by atoms with Gasteiger partial charge in [0.1, 0.15) is 5.69 Å². The minimum Gasteiger partial charge on any atom is -0.302 e. The highest BCUT2D eigenvalue weighted by molar-refractivity contribution is 7.15. The molecule has 0 unspecified atom stereocenters. The smallest absolute Gasteiger partial charge is 0.232 e. The first-order valence-corrected chi connectivity index (χ1v) is 9.12. The van der Waals surface area contributed by atoms with E-state index in [2.05, 4.69) is 15.3 Å². The van der Waals surface area contributed by atoms with Gasteiger partial charge in [0.25, 0.3) is 0 Å². The third kappa shape index (κ3) is 2.56. The second-order valence-electron chi connectivity index (χ2n) is 4.55. The summed E-state index contributed by atoms with van der Waals surface area (Å²) in [4.78, 5) is 22.8. The molecule has 22 heavy (non-hydrogen) atoms. The number of hydrogen-bond acceptors (Lipinski definition) is 6. The topological polar surface area (TPSA) is 59.3 Å². The number of thiophene rings is 1. The summed E-state index contributed by atoms with van der Waals surface area (Å²) < 4.78 is 1.99. The van der Waals surface area contributed by atoms with Crippen LogP contribution in [0, 0.1) is 0 Å². The molecule has 0 aliphatic carbocycles. The van der Waals surface area contributed by atoms with E-state index < -0.39 is 0 Å². The molecule has 0 aliphatic heterocycles. The molecular weight excluding hydrogens is 336 g/mol. The lowest BCUT2D eigenvalue weighted by Gasteiger charge is -2.00. The minimum atomic E-state index is -0.0685. The molecule has 4 heterocycles. The Morgan fingerprint density at radius 3 is 3.00 bits per heavy atom. The molecule has 8 heteroatoms. The number of nitrogens with zero attached hydrogens (tertiary/aromatic N) is 3. The molecule has 0 saturated carbocycles. The predicted molar refractivity (Wildman–Crippen MR) is 90.8 cm³/mol. The van der Waals surface area contributed by atoms with Crippen molar-refractivity contribution in [2.75, 3.05) is 5.32 Å². The second kappa shape index (κ2) is 5.64. The van der Waals surface area contributed by atoms with Crippen molar-refractivity contribution in [2.24, 2.45) is 0 Å². The van der Waals surface area contributed by atoms with Gasteiger partial charge >= 0.3 is 0 Å². The molecule has 4 rings (SSSR count). The Kier molecular flexibility index (Phi) is 3.49. The molecule has 0 atom stereocenters. The quantitative estimate of drug-likeness (QED) is 0.612. The molecule has 0 aromatic carbocycles. The van der Waals surface area contributed by atoms with E-state index in [0.29, 0.717) is 11.6 Å². The van der Waals surface area contributed by atoms with Crippen molar-refractivity contribution < 1.29 is 4.79 Å². The molecule has 5 nitrogen and oxygen atoms in total. The molecule has 0 aliphatic rings. The summed E-state index contributed by atoms with van der Waals surface area (Å²) in [6.07, 6.45) is 3.97. The van der Waals surface area contributed by atoms with E-state index in [1.165, 1.54) is 11.3 Å². The molecule has 4 aromatic heterocycles. The van der Waals surface area contributed by atoms with Crippen LogP contribution in [0.1, 0.15) is 5.69 Å². The predicted octanol–water partition coefficient (Wildman–Crippen LogP) is 3.76. The lowest BCUT2D eigenvalue weighted by atomic mass is 10.3. The van der Waals surface area contributed by atoms with E-state index in [9.17, 15) is 4.79 Å². The van der Waals surface area contributed by atoms with Crippen LogP contribution in [0.4, 0.5) is 5.13 Å². The third-order valence-electron chi connectivity index (χ3n) is 3.08. The van der Waals surface area contributed by atoms with Crippen LogP contribution >= 0.6 is 34.0 Å². The van der Waals surface area contributed by atoms with Crippen LogP contribution in [-0.4, -0.2) is 20.3 Å². The molecule has 4 aromatic rings. The van der Waals surface area contributed by atoms with Crippen molar-refractivity contribution in [3.8, 4) is 10.6 Å². The van der Waals surface area contributed by atoms with Crippen LogP contribution in [0.2, 0.25) is 0 Å². The van der Waals surface area contributed by atoms with Crippen LogP contribution in [0.5, 0.6) is 0 Å². The fourth-order valence-electron chi connectivity index (χ4n) is 2.11. The zero-order valence-electron chi connectivity index (χ0n) is 11.2. The molecule has 0 fully saturated rings. The van der Waals surface area contributed by atoms with Crippen LogP contribution in [-0.2, 0) is 11.2 Å². The normalized spacial score (nSPS) is 11.1. The van der Waals surface area contributed by atoms with Gasteiger partial charge in [-0.05, 0) is 11.4 Å². The van der Waals surface area contributed by atoms with Crippen molar-refractivity contribution >= 4 is 50.0 Å². The van der Waals surface area contributed by atoms with E-state index in [4.69, 9.17) is 0 Å². The summed E-state index contributed by atoms with van der Waals surface area (Å²) in [6, 6.07) is 4.06. The Morgan fingerprint density at radius 1 is 1.27 bits per heavy atom. The SMILES string of the molecule is O=C(Cc1csc2nc(-c3cccs3)cn12)Nc1nccs1. The van der Waals surface area contributed by atoms with Gasteiger partial charge in [-0.25, -0.2) is 9.97 Å². The number of anilines is 1. The number of carbonyl (C=O) groups is 1. The van der Waals surface area contributed by atoms with Crippen LogP contribution in [0.15, 0.2) is 40.7 Å². The van der Waals surface area contributed by atoms with Crippen molar-refractivity contribution in [2.45, 2.75) is 6.42 Å². The summed E-state index contributed by atoms with van der Waals surface area (Å²) in [7, 11) is 0. The Labute approximate surface area is 137 Å². The maximum absolute atomic E-state index is 12.1. The van der Waals surface area contributed by atoms with E-state index in [1.54, 1.807) is 28.9 Å². The third-order valence-corrected chi connectivity index (χ3v) is 5.55. The van der Waals surface area contributed by atoms with Gasteiger partial charge in [0, 0.05) is 28.8 Å². The zero-order chi connectivity index (χ0) is 14.9. The zero-order valence-corrected chi connectivity index (χ0v) is 13.7. The van der Waals surface area contributed by atoms with Crippen molar-refractivity contribution in [3.63, 3.8) is 0 Å². The first kappa shape index (κ1) is 13.6. The Balaban J connectivity index is 1.58. The molecule has 1 amide bonds. The summed E-state index contributed by atoms with van der Waals surface area (Å²) >= 11 is 4.62. The first-order valence-electron chi connectivity index (χ1n) is 6.48. The molecule has 110 valence electrons. The van der Waals surface area contributed by atoms with Gasteiger partial charge in [-0.15, -0.1) is 34.0 Å². The Morgan fingerprint density at radius 2 is 2.23 bits per heavy atom. The van der Waals surface area contributed by atoms with Crippen LogP contribution in [0.25, 0.3) is 15.5 Å². The van der Waals surface area contributed by atoms with Gasteiger partial charge < -0.3 is 5.32 Å². The number of carbonyl (C=O) groups excluding carboxylic acids is 1. The maximum atomic E-state index is 12.1. The number of fused-ring (bicyclic) bond motifs is 1. The average molecular weight is 346 g/mol. The second-order valence-corrected chi connectivity index (χ2v) is 7.22. The minimum absolute atomic E-state index is 0.0685. The number of thiazole rings is 2. The van der Waals surface area contributed by atoms with E-state index in [-0.39, 0.29) is 5.91 Å². The van der Waals surface area contributed by atoms with E-state index in [1.807, 2.05) is 38.9 Å². The van der Waals surface area contributed by atoms with Gasteiger partial charge in [-0.2, -0.15) is 0 Å². The standard InChI is InChI=1S/C14H10N4OS3/c19-12(17-13-15-3-5-21-13)6-9-8-22-14-16-10(7-18(9)14)11-2-1-4-20-11/h1-5,7-8H,6H2,(H,15,17,19). The summed E-state index contributed by atoms with van der Waals surface area (Å²) in [6.45, 7) is 0. The van der Waals surface area contributed by atoms with E-state index >= 15 is 0 Å². The fourth-order valence-corrected chi connectivity index (χ4v) is 4.21. The summed E-state index contributed by atoms with van der Waals surface area (Å²) in [5, 5.41) is 9.27. The fraction of sp³-hybridized carbons (Fsp3) is 0.0714. The Bertz CT molecular complexity index is 906. The van der Waals surface area contributed by atoms with Gasteiger partial charge in [0.2, 0.25) is 5.91 Å². The highest BCUT2D eigenvalue weighted by Gasteiger charge is 2.13. The summed E-state index contributed by atoms with van der Waals surface area (Å²) in [5.74, 6) is -0.0685. The first-order chi connectivity index (χ1) is 10.8. The number of aromatic nitrogens is 3. The highest BCUT2D eigenvalue weighted by atomic mass is 32.1. The van der Waals surface area contributed by atoms with Crippen LogP contribution in [0.3, 0.4) is 0 Å². The summed E-state index contributed by atoms with van der Waals surface area (Å²) in [5.41, 5.74) is 1.88. The largest absolute Gasteiger partial charge is 0.302 e. The van der Waals surface area contributed by atoms with Crippen molar-refractivity contribution in [3.05, 3.63) is 46.4 Å². The van der Waals surface area contributed by atoms with Crippen LogP contribution < -0.4 is 5.32 Å². The number of rotatable bonds is 4. The number of nitrogens with one attached hydrogen (secondary N) is 1. The monoisotopic (exact) mass is 346 g/mol. The Hall–Kier alpha value is -2.03. The average Bonchev–Trinajstić information content (AvgIpc) is 3.24. The van der Waals surface area contributed by atoms with E-state index in [0.717, 1.165) is 21.2 Å². The number of hydrogen-bond donors (Lipinski definition) is 1.